The SMILES string of the molecule is CC(F)(F)CF.FOCC1CO1.FOCC1CO1.[K+].[K+].[O-]OOSC(F)(F)CF. The fourth-order valence-corrected chi connectivity index (χ4v) is 0.727. The maximum Gasteiger partial charge on any atom is 1.00 e. The Morgan fingerprint density at radius 3 is 1.41 bits per heavy atom. The summed E-state index contributed by atoms with van der Waals surface area (Å²) in [6, 6.07) is 0. The van der Waals surface area contributed by atoms with E-state index in [0.717, 1.165) is 0 Å². The summed E-state index contributed by atoms with van der Waals surface area (Å²) in [6.07, 6.45) is 0.102. The van der Waals surface area contributed by atoms with Gasteiger partial charge in [-0.2, -0.15) is 23.0 Å². The van der Waals surface area contributed by atoms with Gasteiger partial charge in [0.25, 0.3) is 5.92 Å². The summed E-state index contributed by atoms with van der Waals surface area (Å²) in [6.45, 7) is -1.42. The van der Waals surface area contributed by atoms with Crippen LogP contribution in [0.25, 0.3) is 0 Å². The molecule has 0 saturated carbocycles. The number of rotatable bonds is 9. The van der Waals surface area contributed by atoms with E-state index in [-0.39, 0.29) is 128 Å². The van der Waals surface area contributed by atoms with Crippen LogP contribution in [0.2, 0.25) is 0 Å². The Kier molecular flexibility index (Phi) is 32.2. The second kappa shape index (κ2) is 23.9. The number of epoxide rings is 2. The predicted molar refractivity (Wildman–Crippen MR) is 70.9 cm³/mol. The van der Waals surface area contributed by atoms with Gasteiger partial charge in [-0.05, 0) is 9.05 Å². The van der Waals surface area contributed by atoms with Crippen LogP contribution < -0.4 is 108 Å². The van der Waals surface area contributed by atoms with Crippen molar-refractivity contribution in [1.82, 2.24) is 0 Å². The molecule has 2 rings (SSSR count). The zero-order valence-electron chi connectivity index (χ0n) is 15.7. The molecule has 0 N–H and O–H groups in total. The molecule has 2 aliphatic heterocycles. The van der Waals surface area contributed by atoms with Crippen LogP contribution >= 0.6 is 12.0 Å². The molecule has 0 aromatic carbocycles. The van der Waals surface area contributed by atoms with Crippen molar-refractivity contribution in [2.75, 3.05) is 39.8 Å². The van der Waals surface area contributed by atoms with Crippen LogP contribution in [0.1, 0.15) is 6.92 Å². The molecule has 2 heterocycles. The van der Waals surface area contributed by atoms with Gasteiger partial charge in [-0.1, -0.05) is 0 Å². The molecule has 7 nitrogen and oxygen atoms in total. The third-order valence-corrected chi connectivity index (χ3v) is 2.35. The summed E-state index contributed by atoms with van der Waals surface area (Å²) in [5.41, 5.74) is 0. The summed E-state index contributed by atoms with van der Waals surface area (Å²) in [5, 5.41) is 7.74. The first-order valence-electron chi connectivity index (χ1n) is 6.77. The first-order chi connectivity index (χ1) is 12.5. The molecule has 29 heavy (non-hydrogen) atoms. The molecule has 0 radical (unpaired) electrons. The van der Waals surface area contributed by atoms with Crippen molar-refractivity contribution in [3.8, 4) is 0 Å². The fraction of sp³-hybridized carbons (Fsp3) is 1.00. The molecule has 2 unspecified atom stereocenters. The van der Waals surface area contributed by atoms with Gasteiger partial charge in [0.1, 0.15) is 37.5 Å². The van der Waals surface area contributed by atoms with E-state index in [0.29, 0.717) is 20.1 Å². The van der Waals surface area contributed by atoms with Gasteiger partial charge in [0, 0.05) is 6.92 Å². The van der Waals surface area contributed by atoms with E-state index in [2.05, 4.69) is 28.7 Å². The van der Waals surface area contributed by atoms with Crippen molar-refractivity contribution in [2.24, 2.45) is 0 Å². The average molecular weight is 523 g/mol. The van der Waals surface area contributed by atoms with E-state index in [1.807, 2.05) is 0 Å². The van der Waals surface area contributed by atoms with E-state index in [1.165, 1.54) is 0 Å². The predicted octanol–water partition coefficient (Wildman–Crippen LogP) is -3.39. The van der Waals surface area contributed by atoms with Gasteiger partial charge in [-0.15, -0.1) is 0 Å². The molecule has 0 spiro atoms. The molecule has 2 fully saturated rings. The number of hydrogen-bond acceptors (Lipinski definition) is 8. The van der Waals surface area contributed by atoms with Gasteiger partial charge < -0.3 is 14.7 Å². The largest absolute Gasteiger partial charge is 1.00 e. The Balaban J connectivity index is -0.000000142. The van der Waals surface area contributed by atoms with Crippen LogP contribution in [-0.4, -0.2) is 63.2 Å². The fourth-order valence-electron chi connectivity index (χ4n) is 0.555. The van der Waals surface area contributed by atoms with Crippen molar-refractivity contribution < 1.29 is 172 Å². The molecule has 0 aromatic rings. The number of hydrogen-bond donors (Lipinski definition) is 0. The topological polar surface area (TPSA) is 85.0 Å². The summed E-state index contributed by atoms with van der Waals surface area (Å²) < 4.78 is 101. The molecule has 18 heteroatoms. The van der Waals surface area contributed by atoms with Gasteiger partial charge in [0.05, 0.1) is 13.2 Å². The average Bonchev–Trinajstić information content (AvgIpc) is 3.51. The van der Waals surface area contributed by atoms with Crippen LogP contribution in [0.4, 0.5) is 35.4 Å². The van der Waals surface area contributed by atoms with E-state index in [4.69, 9.17) is 5.26 Å². The van der Waals surface area contributed by atoms with Crippen molar-refractivity contribution in [2.45, 2.75) is 30.3 Å². The molecule has 0 bridgehead atoms. The minimum Gasteiger partial charge on any atom is -0.691 e. The Morgan fingerprint density at radius 1 is 0.931 bits per heavy atom. The zero-order chi connectivity index (χ0) is 21.3. The van der Waals surface area contributed by atoms with Crippen LogP contribution in [-0.2, 0) is 28.7 Å². The van der Waals surface area contributed by atoms with Crippen molar-refractivity contribution >= 4 is 12.0 Å². The smallest absolute Gasteiger partial charge is 0.691 e. The Morgan fingerprint density at radius 2 is 1.28 bits per heavy atom. The van der Waals surface area contributed by atoms with Gasteiger partial charge in [-0.25, -0.2) is 17.6 Å². The molecule has 0 aliphatic carbocycles. The maximum absolute atomic E-state index is 11.6. The molecule has 2 aliphatic rings. The van der Waals surface area contributed by atoms with Gasteiger partial charge >= 0.3 is 108 Å². The second-order valence-electron chi connectivity index (χ2n) is 4.66. The third-order valence-electron chi connectivity index (χ3n) is 1.88. The standard InChI is InChI=1S/C3H5F3.2C3H5FO2.C2H3F3O3S.2K/c1-3(5,6)2-4;2*4-6-2-3-1-5-3;3-1-2(4,5)9-8-7-6;;/h2H2,1H3;2*3H,1-2H2;6H,1H2;;/q;;;;2*+1/p-1. The minimum atomic E-state index is -3.70. The number of ether oxygens (including phenoxy) is 2. The Labute approximate surface area is 250 Å². The van der Waals surface area contributed by atoms with E-state index in [9.17, 15) is 35.4 Å². The van der Waals surface area contributed by atoms with Crippen LogP contribution in [0, 0.1) is 0 Å². The number of alkyl halides is 6. The molecule has 0 amide bonds. The van der Waals surface area contributed by atoms with E-state index < -0.39 is 36.6 Å². The summed E-state index contributed by atoms with van der Waals surface area (Å²) in [4.78, 5) is 6.48. The first-order valence-corrected chi connectivity index (χ1v) is 7.51. The Bertz CT molecular complexity index is 329. The van der Waals surface area contributed by atoms with E-state index in [1.54, 1.807) is 0 Å². The summed E-state index contributed by atoms with van der Waals surface area (Å²) in [7, 11) is 0. The molecule has 0 aromatic heterocycles. The van der Waals surface area contributed by atoms with Crippen molar-refractivity contribution in [1.29, 1.82) is 0 Å². The van der Waals surface area contributed by atoms with Crippen molar-refractivity contribution in [3.05, 3.63) is 0 Å². The minimum absolute atomic E-state index is 0. The molecule has 2 atom stereocenters. The molecule has 166 valence electrons. The quantitative estimate of drug-likeness (QED) is 0.0773. The maximum atomic E-state index is 11.6. The number of halogens is 8. The van der Waals surface area contributed by atoms with Gasteiger partial charge in [0.2, 0.25) is 0 Å². The van der Waals surface area contributed by atoms with Gasteiger partial charge in [-0.3, -0.25) is 5.04 Å². The van der Waals surface area contributed by atoms with Crippen LogP contribution in [0.5, 0.6) is 0 Å². The Hall–Kier alpha value is 2.78. The second-order valence-corrected chi connectivity index (χ2v) is 5.56. The zero-order valence-corrected chi connectivity index (χ0v) is 22.7. The summed E-state index contributed by atoms with van der Waals surface area (Å²) in [5.74, 6) is -3.12. The molecular weight excluding hydrogens is 506 g/mol. The van der Waals surface area contributed by atoms with E-state index >= 15 is 0 Å². The van der Waals surface area contributed by atoms with Gasteiger partial charge in [0.15, 0.2) is 13.3 Å². The monoisotopic (exact) mass is 523 g/mol. The first kappa shape index (κ1) is 39.0. The summed E-state index contributed by atoms with van der Waals surface area (Å²) >= 11 is -0.664. The normalized spacial score (nSPS) is 18.8. The molecular formula is C11H17F8K2O7S+. The van der Waals surface area contributed by atoms with Crippen LogP contribution in [0.3, 0.4) is 0 Å². The van der Waals surface area contributed by atoms with Crippen LogP contribution in [0.15, 0.2) is 0 Å². The molecule has 2 saturated heterocycles. The van der Waals surface area contributed by atoms with Crippen molar-refractivity contribution in [3.63, 3.8) is 0 Å². The third kappa shape index (κ3) is 38.4.